The van der Waals surface area contributed by atoms with E-state index in [1.165, 1.54) is 22.5 Å². The van der Waals surface area contributed by atoms with E-state index >= 15 is 0 Å². The fourth-order valence-electron chi connectivity index (χ4n) is 6.08. The van der Waals surface area contributed by atoms with Crippen molar-refractivity contribution in [3.63, 3.8) is 0 Å². The second-order valence-corrected chi connectivity index (χ2v) is 10.6. The number of hydrogen-bond donors (Lipinski definition) is 2. The molecular formula is C34H28N4. The molecule has 38 heavy (non-hydrogen) atoms. The van der Waals surface area contributed by atoms with Gasteiger partial charge in [0.15, 0.2) is 0 Å². The highest BCUT2D eigenvalue weighted by molar-refractivity contribution is 6.20. The van der Waals surface area contributed by atoms with Crippen LogP contribution in [0.4, 0.5) is 28.4 Å². The molecular weight excluding hydrogens is 464 g/mol. The zero-order chi connectivity index (χ0) is 26.0. The van der Waals surface area contributed by atoms with Gasteiger partial charge >= 0.3 is 0 Å². The van der Waals surface area contributed by atoms with E-state index in [1.807, 2.05) is 12.3 Å². The Morgan fingerprint density at radius 2 is 1.21 bits per heavy atom. The van der Waals surface area contributed by atoms with Gasteiger partial charge in [-0.05, 0) is 63.9 Å². The molecule has 0 saturated carbocycles. The maximum atomic E-state index is 6.75. The van der Waals surface area contributed by atoms with Crippen LogP contribution in [-0.2, 0) is 5.41 Å². The maximum Gasteiger partial charge on any atom is 0.0634 e. The third kappa shape index (κ3) is 3.13. The van der Waals surface area contributed by atoms with E-state index in [4.69, 9.17) is 11.5 Å². The van der Waals surface area contributed by atoms with Crippen LogP contribution in [0.5, 0.6) is 0 Å². The van der Waals surface area contributed by atoms with Gasteiger partial charge in [-0.15, -0.1) is 0 Å². The summed E-state index contributed by atoms with van der Waals surface area (Å²) < 4.78 is 0. The summed E-state index contributed by atoms with van der Waals surface area (Å²) in [5.74, 6) is 0. The number of rotatable bonds is 2. The van der Waals surface area contributed by atoms with E-state index in [0.29, 0.717) is 11.4 Å². The van der Waals surface area contributed by atoms with Gasteiger partial charge in [0.05, 0.1) is 22.7 Å². The maximum absolute atomic E-state index is 6.75. The smallest absolute Gasteiger partial charge is 0.0634 e. The summed E-state index contributed by atoms with van der Waals surface area (Å²) in [5.41, 5.74) is 22.7. The number of fused-ring (bicyclic) bond motifs is 5. The van der Waals surface area contributed by atoms with Gasteiger partial charge in [0.1, 0.15) is 0 Å². The predicted octanol–water partition coefficient (Wildman–Crippen LogP) is 8.33. The highest BCUT2D eigenvalue weighted by Gasteiger charge is 2.36. The van der Waals surface area contributed by atoms with Gasteiger partial charge in [0, 0.05) is 39.8 Å². The third-order valence-corrected chi connectivity index (χ3v) is 8.07. The van der Waals surface area contributed by atoms with Crippen LogP contribution in [0.15, 0.2) is 109 Å². The van der Waals surface area contributed by atoms with Crippen LogP contribution >= 0.6 is 0 Å². The Bertz CT molecular complexity index is 1820. The molecule has 0 aliphatic carbocycles. The number of anilines is 5. The summed E-state index contributed by atoms with van der Waals surface area (Å²) >= 11 is 0. The third-order valence-electron chi connectivity index (χ3n) is 8.07. The first-order valence-corrected chi connectivity index (χ1v) is 12.9. The summed E-state index contributed by atoms with van der Waals surface area (Å²) in [7, 11) is 0. The lowest BCUT2D eigenvalue weighted by Gasteiger charge is -2.42. The van der Waals surface area contributed by atoms with Gasteiger partial charge in [0.2, 0.25) is 0 Å². The molecule has 1 aliphatic heterocycles. The normalized spacial score (nSPS) is 13.9. The van der Waals surface area contributed by atoms with Gasteiger partial charge in [-0.1, -0.05) is 74.5 Å². The minimum Gasteiger partial charge on any atom is -0.397 e. The molecule has 4 nitrogen and oxygen atoms in total. The summed E-state index contributed by atoms with van der Waals surface area (Å²) in [5, 5.41) is 4.10. The van der Waals surface area contributed by atoms with E-state index in [9.17, 15) is 0 Å². The molecule has 0 amide bonds. The van der Waals surface area contributed by atoms with Crippen LogP contribution in [0, 0.1) is 0 Å². The number of para-hydroxylation sites is 2. The monoisotopic (exact) mass is 492 g/mol. The number of nitrogens with two attached hydrogens (primary N) is 2. The first-order valence-electron chi connectivity index (χ1n) is 12.9. The number of benzene rings is 5. The van der Waals surface area contributed by atoms with Crippen molar-refractivity contribution in [3.8, 4) is 11.1 Å². The SMILES string of the molecule is CC1(C)c2ccccc2N(c2ccc3c(c2)c(N)c(N)c2cc(-c4cccnc4)ccc23)c2ccccc21. The fraction of sp³-hybridized carbons (Fsp3) is 0.0882. The zero-order valence-corrected chi connectivity index (χ0v) is 21.4. The number of nitrogen functional groups attached to an aromatic ring is 2. The minimum atomic E-state index is -0.105. The molecule has 0 atom stereocenters. The molecule has 0 fully saturated rings. The van der Waals surface area contributed by atoms with Crippen molar-refractivity contribution in [2.75, 3.05) is 16.4 Å². The molecule has 1 aliphatic rings. The second kappa shape index (κ2) is 8.09. The van der Waals surface area contributed by atoms with Crippen molar-refractivity contribution in [2.24, 2.45) is 0 Å². The molecule has 4 heteroatoms. The Balaban J connectivity index is 1.45. The molecule has 0 spiro atoms. The molecule has 1 aromatic heterocycles. The summed E-state index contributed by atoms with van der Waals surface area (Å²) in [6.45, 7) is 4.60. The molecule has 4 N–H and O–H groups in total. The molecule has 184 valence electrons. The Labute approximate surface area is 222 Å². The summed E-state index contributed by atoms with van der Waals surface area (Å²) in [4.78, 5) is 6.61. The van der Waals surface area contributed by atoms with Crippen molar-refractivity contribution in [2.45, 2.75) is 19.3 Å². The zero-order valence-electron chi connectivity index (χ0n) is 21.4. The van der Waals surface area contributed by atoms with E-state index in [0.717, 1.165) is 38.4 Å². The molecule has 0 saturated heterocycles. The van der Waals surface area contributed by atoms with Crippen molar-refractivity contribution in [1.29, 1.82) is 0 Å². The average Bonchev–Trinajstić information content (AvgIpc) is 2.96. The Morgan fingerprint density at radius 3 is 1.84 bits per heavy atom. The standard InChI is InChI=1S/C34H28N4/c1-34(2)28-9-3-5-11-30(28)38(31-12-6-4-10-29(31)34)23-14-16-25-24-15-13-21(22-8-7-17-37-20-22)18-26(24)32(35)33(36)27(25)19-23/h3-20H,35-36H2,1-2H3. The van der Waals surface area contributed by atoms with Crippen LogP contribution < -0.4 is 16.4 Å². The average molecular weight is 493 g/mol. The fourth-order valence-corrected chi connectivity index (χ4v) is 6.08. The topological polar surface area (TPSA) is 68.2 Å². The van der Waals surface area contributed by atoms with Crippen LogP contribution in [0.1, 0.15) is 25.0 Å². The van der Waals surface area contributed by atoms with E-state index in [1.54, 1.807) is 6.20 Å². The van der Waals surface area contributed by atoms with E-state index in [2.05, 4.69) is 115 Å². The lowest BCUT2D eigenvalue weighted by molar-refractivity contribution is 0.632. The Hall–Kier alpha value is -4.83. The van der Waals surface area contributed by atoms with Gasteiger partial charge in [-0.25, -0.2) is 0 Å². The second-order valence-electron chi connectivity index (χ2n) is 10.6. The van der Waals surface area contributed by atoms with Gasteiger partial charge in [-0.2, -0.15) is 0 Å². The summed E-state index contributed by atoms with van der Waals surface area (Å²) in [6.07, 6.45) is 3.64. The van der Waals surface area contributed by atoms with Gasteiger partial charge in [-0.3, -0.25) is 4.98 Å². The number of nitrogens with zero attached hydrogens (tertiary/aromatic N) is 2. The molecule has 0 radical (unpaired) electrons. The van der Waals surface area contributed by atoms with E-state index in [-0.39, 0.29) is 5.41 Å². The van der Waals surface area contributed by atoms with Crippen molar-refractivity contribution < 1.29 is 0 Å². The van der Waals surface area contributed by atoms with Gasteiger partial charge in [0.25, 0.3) is 0 Å². The number of pyridine rings is 1. The Morgan fingerprint density at radius 1 is 0.605 bits per heavy atom. The molecule has 6 aromatic rings. The molecule has 5 aromatic carbocycles. The Kier molecular flexibility index (Phi) is 4.76. The molecule has 7 rings (SSSR count). The largest absolute Gasteiger partial charge is 0.397 e. The first-order chi connectivity index (χ1) is 18.4. The highest BCUT2D eigenvalue weighted by Crippen LogP contribution is 2.52. The van der Waals surface area contributed by atoms with Gasteiger partial charge < -0.3 is 16.4 Å². The first kappa shape index (κ1) is 22.4. The molecule has 2 heterocycles. The van der Waals surface area contributed by atoms with Crippen LogP contribution in [0.3, 0.4) is 0 Å². The number of aromatic nitrogens is 1. The molecule has 0 unspecified atom stereocenters. The van der Waals surface area contributed by atoms with Crippen molar-refractivity contribution in [1.82, 2.24) is 4.98 Å². The predicted molar refractivity (Wildman–Crippen MR) is 160 cm³/mol. The van der Waals surface area contributed by atoms with Crippen LogP contribution in [0.2, 0.25) is 0 Å². The molecule has 0 bridgehead atoms. The number of hydrogen-bond acceptors (Lipinski definition) is 4. The van der Waals surface area contributed by atoms with Crippen LogP contribution in [0.25, 0.3) is 32.7 Å². The quantitative estimate of drug-likeness (QED) is 0.145. The van der Waals surface area contributed by atoms with E-state index < -0.39 is 0 Å². The van der Waals surface area contributed by atoms with Crippen LogP contribution in [-0.4, -0.2) is 4.98 Å². The minimum absolute atomic E-state index is 0.105. The van der Waals surface area contributed by atoms with Crippen molar-refractivity contribution >= 4 is 50.0 Å². The summed E-state index contributed by atoms with van der Waals surface area (Å²) in [6, 6.07) is 34.3. The lowest BCUT2D eigenvalue weighted by atomic mass is 9.73. The van der Waals surface area contributed by atoms with Crippen molar-refractivity contribution in [3.05, 3.63) is 121 Å². The lowest BCUT2D eigenvalue weighted by Crippen LogP contribution is -2.30. The highest BCUT2D eigenvalue weighted by atomic mass is 15.2.